The lowest BCUT2D eigenvalue weighted by Gasteiger charge is -2.25. The Morgan fingerprint density at radius 2 is 1.69 bits per heavy atom. The van der Waals surface area contributed by atoms with Gasteiger partial charge in [-0.3, -0.25) is 9.59 Å². The van der Waals surface area contributed by atoms with Crippen molar-refractivity contribution in [3.63, 3.8) is 0 Å². The number of hydrogen-bond acceptors (Lipinski definition) is 3. The number of benzene rings is 2. The van der Waals surface area contributed by atoms with Crippen LogP contribution in [0.2, 0.25) is 0 Å². The molecule has 0 aliphatic rings. The van der Waals surface area contributed by atoms with Crippen molar-refractivity contribution >= 4 is 16.7 Å². The molecule has 1 atom stereocenters. The maximum atomic E-state index is 12.7. The van der Waals surface area contributed by atoms with Gasteiger partial charge in [0.05, 0.1) is 17.1 Å². The lowest BCUT2D eigenvalue weighted by Crippen LogP contribution is -2.36. The quantitative estimate of drug-likeness (QED) is 0.727. The van der Waals surface area contributed by atoms with Crippen molar-refractivity contribution in [2.45, 2.75) is 33.4 Å². The zero-order valence-corrected chi connectivity index (χ0v) is 15.6. The zero-order valence-electron chi connectivity index (χ0n) is 15.6. The number of likely N-dealkylation sites (N-methyl/N-ethyl adjacent to an activating group) is 1. The maximum absolute atomic E-state index is 12.7. The van der Waals surface area contributed by atoms with Gasteiger partial charge in [0.2, 0.25) is 5.91 Å². The van der Waals surface area contributed by atoms with Crippen LogP contribution in [0, 0.1) is 13.8 Å². The first-order chi connectivity index (χ1) is 12.4. The Hall–Kier alpha value is -2.95. The number of aryl methyl sites for hydroxylation is 2. The molecule has 2 aromatic carbocycles. The molecule has 0 saturated heterocycles. The molecular weight excluding hydrogens is 326 g/mol. The van der Waals surface area contributed by atoms with Gasteiger partial charge in [-0.1, -0.05) is 48.0 Å². The van der Waals surface area contributed by atoms with E-state index < -0.39 is 0 Å². The van der Waals surface area contributed by atoms with Gasteiger partial charge in [-0.25, -0.2) is 4.68 Å². The van der Waals surface area contributed by atoms with Crippen LogP contribution in [-0.4, -0.2) is 27.6 Å². The molecule has 1 amide bonds. The van der Waals surface area contributed by atoms with E-state index in [0.29, 0.717) is 5.39 Å². The van der Waals surface area contributed by atoms with Crippen LogP contribution in [-0.2, 0) is 11.3 Å². The monoisotopic (exact) mass is 349 g/mol. The summed E-state index contributed by atoms with van der Waals surface area (Å²) < 4.78 is 1.26. The van der Waals surface area contributed by atoms with E-state index in [9.17, 15) is 9.59 Å². The van der Waals surface area contributed by atoms with Gasteiger partial charge in [-0.2, -0.15) is 5.10 Å². The minimum atomic E-state index is -0.240. The summed E-state index contributed by atoms with van der Waals surface area (Å²) in [7, 11) is 1.76. The first kappa shape index (κ1) is 17.9. The molecule has 0 saturated carbocycles. The maximum Gasteiger partial charge on any atom is 0.275 e. The molecule has 0 N–H and O–H groups in total. The van der Waals surface area contributed by atoms with Crippen LogP contribution in [0.1, 0.15) is 29.8 Å². The molecule has 3 rings (SSSR count). The van der Waals surface area contributed by atoms with E-state index in [2.05, 4.69) is 5.10 Å². The number of amides is 1. The standard InChI is InChI=1S/C21H23N3O2/c1-14-9-11-17(12-10-14)16(3)23(4)20(25)13-24-21(26)19-8-6-5-7-18(19)15(2)22-24/h5-12,16H,13H2,1-4H3. The van der Waals surface area contributed by atoms with Gasteiger partial charge in [0, 0.05) is 12.4 Å². The van der Waals surface area contributed by atoms with E-state index in [1.54, 1.807) is 18.0 Å². The lowest BCUT2D eigenvalue weighted by atomic mass is 10.1. The summed E-state index contributed by atoms with van der Waals surface area (Å²) in [5, 5.41) is 5.73. The summed E-state index contributed by atoms with van der Waals surface area (Å²) in [6.07, 6.45) is 0. The molecule has 3 aromatic rings. The number of nitrogens with zero attached hydrogens (tertiary/aromatic N) is 3. The predicted octanol–water partition coefficient (Wildman–Crippen LogP) is 3.23. The molecule has 0 spiro atoms. The zero-order chi connectivity index (χ0) is 18.8. The lowest BCUT2D eigenvalue weighted by molar-refractivity contribution is -0.132. The molecule has 1 unspecified atom stereocenters. The topological polar surface area (TPSA) is 55.2 Å². The summed E-state index contributed by atoms with van der Waals surface area (Å²) in [5.41, 5.74) is 2.73. The second-order valence-corrected chi connectivity index (χ2v) is 6.69. The van der Waals surface area contributed by atoms with E-state index in [4.69, 9.17) is 0 Å². The molecule has 5 nitrogen and oxygen atoms in total. The third-order valence-corrected chi connectivity index (χ3v) is 4.87. The smallest absolute Gasteiger partial charge is 0.275 e. The van der Waals surface area contributed by atoms with Crippen molar-refractivity contribution in [3.05, 3.63) is 75.7 Å². The Morgan fingerprint density at radius 3 is 2.35 bits per heavy atom. The highest BCUT2D eigenvalue weighted by Gasteiger charge is 2.19. The van der Waals surface area contributed by atoms with Crippen LogP contribution in [0.4, 0.5) is 0 Å². The Balaban J connectivity index is 1.85. The van der Waals surface area contributed by atoms with Crippen LogP contribution in [0.5, 0.6) is 0 Å². The summed E-state index contributed by atoms with van der Waals surface area (Å²) >= 11 is 0. The van der Waals surface area contributed by atoms with Crippen LogP contribution in [0.25, 0.3) is 10.8 Å². The number of carbonyl (C=O) groups is 1. The number of fused-ring (bicyclic) bond motifs is 1. The van der Waals surface area contributed by atoms with Crippen molar-refractivity contribution in [3.8, 4) is 0 Å². The highest BCUT2D eigenvalue weighted by Crippen LogP contribution is 2.19. The predicted molar refractivity (Wildman–Crippen MR) is 103 cm³/mol. The van der Waals surface area contributed by atoms with Crippen molar-refractivity contribution in [2.24, 2.45) is 0 Å². The molecule has 0 aliphatic heterocycles. The highest BCUT2D eigenvalue weighted by molar-refractivity contribution is 5.83. The Bertz CT molecular complexity index is 1010. The van der Waals surface area contributed by atoms with E-state index >= 15 is 0 Å². The van der Waals surface area contributed by atoms with Gasteiger partial charge in [-0.05, 0) is 32.4 Å². The molecule has 134 valence electrons. The van der Waals surface area contributed by atoms with Gasteiger partial charge in [0.1, 0.15) is 6.54 Å². The van der Waals surface area contributed by atoms with E-state index in [0.717, 1.165) is 16.6 Å². The van der Waals surface area contributed by atoms with Gasteiger partial charge >= 0.3 is 0 Å². The molecule has 5 heteroatoms. The van der Waals surface area contributed by atoms with Crippen molar-refractivity contribution in [2.75, 3.05) is 7.05 Å². The normalized spacial score (nSPS) is 12.2. The van der Waals surface area contributed by atoms with Gasteiger partial charge in [-0.15, -0.1) is 0 Å². The Morgan fingerprint density at radius 1 is 1.08 bits per heavy atom. The number of carbonyl (C=O) groups excluding carboxylic acids is 1. The first-order valence-corrected chi connectivity index (χ1v) is 8.67. The summed E-state index contributed by atoms with van der Waals surface area (Å²) in [6, 6.07) is 15.4. The van der Waals surface area contributed by atoms with E-state index in [1.165, 1.54) is 10.2 Å². The summed E-state index contributed by atoms with van der Waals surface area (Å²) in [4.78, 5) is 27.0. The molecule has 0 bridgehead atoms. The molecule has 0 fully saturated rings. The fraction of sp³-hybridized carbons (Fsp3) is 0.286. The Kier molecular flexibility index (Phi) is 4.89. The third-order valence-electron chi connectivity index (χ3n) is 4.87. The minimum absolute atomic E-state index is 0.0722. The van der Waals surface area contributed by atoms with Crippen LogP contribution >= 0.6 is 0 Å². The molecular formula is C21H23N3O2. The van der Waals surface area contributed by atoms with Crippen LogP contribution < -0.4 is 5.56 Å². The fourth-order valence-electron chi connectivity index (χ4n) is 3.04. The Labute approximate surface area is 152 Å². The van der Waals surface area contributed by atoms with E-state index in [1.807, 2.05) is 63.2 Å². The van der Waals surface area contributed by atoms with E-state index in [-0.39, 0.29) is 24.1 Å². The third kappa shape index (κ3) is 3.38. The average Bonchev–Trinajstić information content (AvgIpc) is 2.65. The SMILES string of the molecule is Cc1ccc(C(C)N(C)C(=O)Cn2nc(C)c3ccccc3c2=O)cc1. The average molecular weight is 349 g/mol. The molecule has 26 heavy (non-hydrogen) atoms. The number of hydrogen-bond donors (Lipinski definition) is 0. The van der Waals surface area contributed by atoms with Gasteiger partial charge in [0.15, 0.2) is 0 Å². The highest BCUT2D eigenvalue weighted by atomic mass is 16.2. The number of aromatic nitrogens is 2. The van der Waals surface area contributed by atoms with Gasteiger partial charge < -0.3 is 4.90 Å². The second kappa shape index (κ2) is 7.12. The fourth-order valence-corrected chi connectivity index (χ4v) is 3.04. The van der Waals surface area contributed by atoms with Crippen LogP contribution in [0.3, 0.4) is 0 Å². The molecule has 1 aromatic heterocycles. The summed E-state index contributed by atoms with van der Waals surface area (Å²) in [5.74, 6) is -0.151. The second-order valence-electron chi connectivity index (χ2n) is 6.69. The molecule has 1 heterocycles. The molecule has 0 radical (unpaired) electrons. The first-order valence-electron chi connectivity index (χ1n) is 8.67. The molecule has 0 aliphatic carbocycles. The van der Waals surface area contributed by atoms with Crippen molar-refractivity contribution in [1.82, 2.24) is 14.7 Å². The largest absolute Gasteiger partial charge is 0.337 e. The van der Waals surface area contributed by atoms with Crippen LogP contribution in [0.15, 0.2) is 53.3 Å². The number of rotatable bonds is 4. The summed E-state index contributed by atoms with van der Waals surface area (Å²) in [6.45, 7) is 5.78. The van der Waals surface area contributed by atoms with Crippen molar-refractivity contribution < 1.29 is 4.79 Å². The minimum Gasteiger partial charge on any atom is -0.337 e. The van der Waals surface area contributed by atoms with Gasteiger partial charge in [0.25, 0.3) is 5.56 Å². The van der Waals surface area contributed by atoms with Crippen molar-refractivity contribution in [1.29, 1.82) is 0 Å².